The Morgan fingerprint density at radius 1 is 1.39 bits per heavy atom. The summed E-state index contributed by atoms with van der Waals surface area (Å²) in [7, 11) is 1.71. The number of aromatic nitrogens is 2. The minimum Gasteiger partial charge on any atom is -0.337 e. The Bertz CT molecular complexity index is 572. The van der Waals surface area contributed by atoms with Gasteiger partial charge in [0.05, 0.1) is 5.56 Å². The zero-order chi connectivity index (χ0) is 13.0. The molecule has 1 amide bonds. The molecule has 2 rings (SSSR count). The number of nitrogens with one attached hydrogen (secondary N) is 1. The van der Waals surface area contributed by atoms with Gasteiger partial charge in [0.15, 0.2) is 0 Å². The van der Waals surface area contributed by atoms with Gasteiger partial charge in [0, 0.05) is 38.2 Å². The van der Waals surface area contributed by atoms with Crippen molar-refractivity contribution in [2.24, 2.45) is 0 Å². The second-order valence-corrected chi connectivity index (χ2v) is 3.96. The number of hydrogen-bond donors (Lipinski definition) is 1. The topological polar surface area (TPSA) is 66.1 Å². The van der Waals surface area contributed by atoms with E-state index in [9.17, 15) is 9.59 Å². The van der Waals surface area contributed by atoms with E-state index in [1.807, 2.05) is 12.1 Å². The Hall–Kier alpha value is -2.43. The summed E-state index contributed by atoms with van der Waals surface area (Å²) in [5, 5.41) is 0. The van der Waals surface area contributed by atoms with E-state index in [1.54, 1.807) is 24.3 Å². The molecule has 18 heavy (non-hydrogen) atoms. The molecular weight excluding hydrogens is 230 g/mol. The molecule has 0 bridgehead atoms. The molecule has 2 aromatic heterocycles. The molecule has 0 aliphatic heterocycles. The van der Waals surface area contributed by atoms with Crippen LogP contribution in [-0.4, -0.2) is 27.8 Å². The van der Waals surface area contributed by atoms with Crippen LogP contribution in [0.4, 0.5) is 0 Å². The predicted molar refractivity (Wildman–Crippen MR) is 67.1 cm³/mol. The van der Waals surface area contributed by atoms with E-state index in [0.717, 1.165) is 5.56 Å². The molecule has 5 nitrogen and oxygen atoms in total. The molecule has 5 heteroatoms. The van der Waals surface area contributed by atoms with Gasteiger partial charge in [0.25, 0.3) is 5.91 Å². The van der Waals surface area contributed by atoms with Gasteiger partial charge in [-0.2, -0.15) is 0 Å². The number of carbonyl (C=O) groups excluding carboxylic acids is 1. The maximum absolute atomic E-state index is 12.0. The Morgan fingerprint density at radius 2 is 2.22 bits per heavy atom. The van der Waals surface area contributed by atoms with Crippen molar-refractivity contribution in [3.8, 4) is 0 Å². The number of pyridine rings is 2. The van der Waals surface area contributed by atoms with Gasteiger partial charge < -0.3 is 9.88 Å². The van der Waals surface area contributed by atoms with Crippen molar-refractivity contribution in [2.45, 2.75) is 6.54 Å². The van der Waals surface area contributed by atoms with E-state index < -0.39 is 0 Å². The van der Waals surface area contributed by atoms with Crippen molar-refractivity contribution in [3.05, 3.63) is 64.3 Å². The highest BCUT2D eigenvalue weighted by Crippen LogP contribution is 2.05. The van der Waals surface area contributed by atoms with E-state index in [1.165, 1.54) is 18.3 Å². The van der Waals surface area contributed by atoms with Gasteiger partial charge >= 0.3 is 0 Å². The third kappa shape index (κ3) is 2.82. The molecule has 2 aromatic rings. The largest absolute Gasteiger partial charge is 0.337 e. The molecule has 0 saturated heterocycles. The fourth-order valence-electron chi connectivity index (χ4n) is 1.60. The monoisotopic (exact) mass is 243 g/mol. The number of H-pyrrole nitrogens is 1. The van der Waals surface area contributed by atoms with Crippen molar-refractivity contribution in [1.29, 1.82) is 0 Å². The number of aromatic amines is 1. The molecule has 0 atom stereocenters. The van der Waals surface area contributed by atoms with Crippen LogP contribution in [0, 0.1) is 0 Å². The smallest absolute Gasteiger partial charge is 0.255 e. The second kappa shape index (κ2) is 5.27. The van der Waals surface area contributed by atoms with Gasteiger partial charge in [-0.1, -0.05) is 6.07 Å². The molecular formula is C13H13N3O2. The van der Waals surface area contributed by atoms with E-state index in [2.05, 4.69) is 9.97 Å². The van der Waals surface area contributed by atoms with Crippen LogP contribution in [0.1, 0.15) is 15.9 Å². The van der Waals surface area contributed by atoms with E-state index in [4.69, 9.17) is 0 Å². The molecule has 0 aromatic carbocycles. The zero-order valence-electron chi connectivity index (χ0n) is 9.96. The number of nitrogens with zero attached hydrogens (tertiary/aromatic N) is 2. The van der Waals surface area contributed by atoms with Crippen LogP contribution in [0.5, 0.6) is 0 Å². The van der Waals surface area contributed by atoms with E-state index >= 15 is 0 Å². The maximum atomic E-state index is 12.0. The lowest BCUT2D eigenvalue weighted by Gasteiger charge is -2.16. The lowest BCUT2D eigenvalue weighted by Crippen LogP contribution is -2.26. The molecule has 0 unspecified atom stereocenters. The van der Waals surface area contributed by atoms with Crippen molar-refractivity contribution in [1.82, 2.24) is 14.9 Å². The number of carbonyl (C=O) groups is 1. The van der Waals surface area contributed by atoms with Crippen molar-refractivity contribution in [2.75, 3.05) is 7.05 Å². The summed E-state index contributed by atoms with van der Waals surface area (Å²) in [5.41, 5.74) is 1.19. The zero-order valence-corrected chi connectivity index (χ0v) is 9.96. The van der Waals surface area contributed by atoms with Gasteiger partial charge in [-0.15, -0.1) is 0 Å². The quantitative estimate of drug-likeness (QED) is 0.876. The fraction of sp³-hybridized carbons (Fsp3) is 0.154. The molecule has 0 aliphatic rings. The summed E-state index contributed by atoms with van der Waals surface area (Å²) < 4.78 is 0. The summed E-state index contributed by atoms with van der Waals surface area (Å²) in [6.07, 6.45) is 4.83. The van der Waals surface area contributed by atoms with Gasteiger partial charge in [0.2, 0.25) is 5.56 Å². The number of rotatable bonds is 3. The highest BCUT2D eigenvalue weighted by Gasteiger charge is 2.11. The molecule has 0 spiro atoms. The van der Waals surface area contributed by atoms with E-state index in [-0.39, 0.29) is 11.5 Å². The van der Waals surface area contributed by atoms with Crippen LogP contribution in [0.2, 0.25) is 0 Å². The summed E-state index contributed by atoms with van der Waals surface area (Å²) in [6, 6.07) is 6.59. The number of hydrogen-bond acceptors (Lipinski definition) is 3. The first-order valence-corrected chi connectivity index (χ1v) is 5.50. The molecule has 2 heterocycles. The third-order valence-electron chi connectivity index (χ3n) is 2.52. The third-order valence-corrected chi connectivity index (χ3v) is 2.52. The van der Waals surface area contributed by atoms with Crippen LogP contribution >= 0.6 is 0 Å². The first-order valence-electron chi connectivity index (χ1n) is 5.50. The van der Waals surface area contributed by atoms with Gasteiger partial charge in [-0.3, -0.25) is 14.6 Å². The summed E-state index contributed by atoms with van der Waals surface area (Å²) >= 11 is 0. The Kier molecular flexibility index (Phi) is 3.52. The first kappa shape index (κ1) is 12.0. The lowest BCUT2D eigenvalue weighted by molar-refractivity contribution is 0.0784. The standard InChI is InChI=1S/C13H13N3O2/c1-16(9-10-3-2-6-14-7-10)13(18)11-4-5-12(17)15-8-11/h2-8H,9H2,1H3,(H,15,17). The number of amides is 1. The minimum atomic E-state index is -0.221. The average Bonchev–Trinajstić information content (AvgIpc) is 2.40. The Balaban J connectivity index is 2.09. The van der Waals surface area contributed by atoms with Crippen LogP contribution in [-0.2, 0) is 6.54 Å². The van der Waals surface area contributed by atoms with Crippen molar-refractivity contribution < 1.29 is 4.79 Å². The minimum absolute atomic E-state index is 0.143. The van der Waals surface area contributed by atoms with Gasteiger partial charge in [0.1, 0.15) is 0 Å². The fourth-order valence-corrected chi connectivity index (χ4v) is 1.60. The van der Waals surface area contributed by atoms with Crippen molar-refractivity contribution in [3.63, 3.8) is 0 Å². The molecule has 0 fully saturated rings. The van der Waals surface area contributed by atoms with Crippen LogP contribution < -0.4 is 5.56 Å². The lowest BCUT2D eigenvalue weighted by atomic mass is 10.2. The van der Waals surface area contributed by atoms with Crippen LogP contribution in [0.15, 0.2) is 47.7 Å². The highest BCUT2D eigenvalue weighted by molar-refractivity contribution is 5.93. The predicted octanol–water partition coefficient (Wildman–Crippen LogP) is 1.04. The van der Waals surface area contributed by atoms with Gasteiger partial charge in [-0.05, 0) is 17.7 Å². The molecule has 1 N–H and O–H groups in total. The van der Waals surface area contributed by atoms with Crippen LogP contribution in [0.3, 0.4) is 0 Å². The summed E-state index contributed by atoms with van der Waals surface area (Å²) in [4.78, 5) is 31.0. The molecule has 0 aliphatic carbocycles. The SMILES string of the molecule is CN(Cc1cccnc1)C(=O)c1ccc(=O)[nH]c1. The maximum Gasteiger partial charge on any atom is 0.255 e. The summed E-state index contributed by atoms with van der Waals surface area (Å²) in [5.74, 6) is -0.143. The second-order valence-electron chi connectivity index (χ2n) is 3.96. The molecule has 0 radical (unpaired) electrons. The highest BCUT2D eigenvalue weighted by atomic mass is 16.2. The van der Waals surface area contributed by atoms with Gasteiger partial charge in [-0.25, -0.2) is 0 Å². The van der Waals surface area contributed by atoms with Crippen LogP contribution in [0.25, 0.3) is 0 Å². The average molecular weight is 243 g/mol. The Morgan fingerprint density at radius 3 is 2.83 bits per heavy atom. The normalized spacial score (nSPS) is 10.1. The molecule has 92 valence electrons. The molecule has 0 saturated carbocycles. The Labute approximate surface area is 104 Å². The van der Waals surface area contributed by atoms with E-state index in [0.29, 0.717) is 12.1 Å². The summed E-state index contributed by atoms with van der Waals surface area (Å²) in [6.45, 7) is 0.478. The first-order chi connectivity index (χ1) is 8.66. The van der Waals surface area contributed by atoms with Crippen molar-refractivity contribution >= 4 is 5.91 Å².